The van der Waals surface area contributed by atoms with Crippen molar-refractivity contribution in [3.05, 3.63) is 30.1 Å². The quantitative estimate of drug-likeness (QED) is 0.918. The van der Waals surface area contributed by atoms with E-state index < -0.39 is 11.6 Å². The molecule has 1 saturated carbocycles. The highest BCUT2D eigenvalue weighted by Crippen LogP contribution is 2.29. The number of amides is 2. The molecule has 2 aliphatic rings. The molecule has 6 heteroatoms. The summed E-state index contributed by atoms with van der Waals surface area (Å²) in [6.45, 7) is 0.800. The van der Waals surface area contributed by atoms with Crippen LogP contribution < -0.4 is 5.32 Å². The Morgan fingerprint density at radius 3 is 2.91 bits per heavy atom. The van der Waals surface area contributed by atoms with E-state index in [0.717, 1.165) is 12.8 Å². The average Bonchev–Trinajstić information content (AvgIpc) is 3.37. The number of hydrogen-bond donors (Lipinski definition) is 1. The zero-order chi connectivity index (χ0) is 15.6. The number of likely N-dealkylation sites (tertiary alicyclic amines) is 1. The molecule has 1 N–H and O–H groups in total. The van der Waals surface area contributed by atoms with Gasteiger partial charge in [0.25, 0.3) is 11.8 Å². The van der Waals surface area contributed by atoms with Crippen LogP contribution >= 0.6 is 0 Å². The van der Waals surface area contributed by atoms with Crippen LogP contribution in [0.1, 0.15) is 36.2 Å². The van der Waals surface area contributed by atoms with Crippen molar-refractivity contribution in [2.24, 2.45) is 5.92 Å². The summed E-state index contributed by atoms with van der Waals surface area (Å²) in [7, 11) is 0. The maximum Gasteiger partial charge on any atom is 0.272 e. The molecule has 1 saturated heterocycles. The second-order valence-corrected chi connectivity index (χ2v) is 6.16. The van der Waals surface area contributed by atoms with Crippen molar-refractivity contribution in [2.45, 2.75) is 31.4 Å². The van der Waals surface area contributed by atoms with Crippen molar-refractivity contribution in [1.82, 2.24) is 15.2 Å². The number of nitrogens with zero attached hydrogens (tertiary/aromatic N) is 2. The summed E-state index contributed by atoms with van der Waals surface area (Å²) in [5, 5.41) is 2.69. The first kappa shape index (κ1) is 14.9. The minimum absolute atomic E-state index is 0.162. The summed E-state index contributed by atoms with van der Waals surface area (Å²) >= 11 is 0. The maximum absolute atomic E-state index is 14.9. The SMILES string of the molecule is O=C(c1ccccn1)N1CCCC(F)(C(=O)NCC2CC2)C1. The van der Waals surface area contributed by atoms with Gasteiger partial charge in [-0.15, -0.1) is 0 Å². The Kier molecular flexibility index (Phi) is 4.09. The monoisotopic (exact) mass is 305 g/mol. The molecule has 0 aromatic carbocycles. The van der Waals surface area contributed by atoms with Crippen LogP contribution in [0.3, 0.4) is 0 Å². The van der Waals surface area contributed by atoms with Gasteiger partial charge in [0.05, 0.1) is 6.54 Å². The second-order valence-electron chi connectivity index (χ2n) is 6.16. The van der Waals surface area contributed by atoms with E-state index in [0.29, 0.717) is 25.4 Å². The zero-order valence-corrected chi connectivity index (χ0v) is 12.4. The summed E-state index contributed by atoms with van der Waals surface area (Å²) in [5.41, 5.74) is -1.71. The van der Waals surface area contributed by atoms with Crippen molar-refractivity contribution >= 4 is 11.8 Å². The summed E-state index contributed by atoms with van der Waals surface area (Å²) in [6, 6.07) is 5.04. The third-order valence-corrected chi connectivity index (χ3v) is 4.27. The molecule has 2 amide bonds. The first-order chi connectivity index (χ1) is 10.6. The Morgan fingerprint density at radius 1 is 1.41 bits per heavy atom. The van der Waals surface area contributed by atoms with Crippen LogP contribution in [0.4, 0.5) is 4.39 Å². The predicted octanol–water partition coefficient (Wildman–Crippen LogP) is 1.55. The lowest BCUT2D eigenvalue weighted by molar-refractivity contribution is -0.135. The van der Waals surface area contributed by atoms with Crippen molar-refractivity contribution in [2.75, 3.05) is 19.6 Å². The molecule has 5 nitrogen and oxygen atoms in total. The Labute approximate surface area is 128 Å². The second kappa shape index (κ2) is 6.02. The van der Waals surface area contributed by atoms with Crippen LogP contribution in [0, 0.1) is 5.92 Å². The van der Waals surface area contributed by atoms with Gasteiger partial charge in [0.2, 0.25) is 5.67 Å². The van der Waals surface area contributed by atoms with E-state index in [-0.39, 0.29) is 24.6 Å². The molecule has 1 aromatic heterocycles. The number of nitrogens with one attached hydrogen (secondary N) is 1. The Morgan fingerprint density at radius 2 is 2.23 bits per heavy atom. The normalized spacial score (nSPS) is 24.9. The fraction of sp³-hybridized carbons (Fsp3) is 0.562. The van der Waals surface area contributed by atoms with Crippen LogP contribution in [0.5, 0.6) is 0 Å². The van der Waals surface area contributed by atoms with Crippen LogP contribution in [0.25, 0.3) is 0 Å². The molecule has 2 fully saturated rings. The first-order valence-corrected chi connectivity index (χ1v) is 7.76. The van der Waals surface area contributed by atoms with Crippen LogP contribution in [-0.2, 0) is 4.79 Å². The molecule has 1 aliphatic heterocycles. The molecule has 3 rings (SSSR count). The number of carbonyl (C=O) groups is 2. The van der Waals surface area contributed by atoms with E-state index in [2.05, 4.69) is 10.3 Å². The van der Waals surface area contributed by atoms with Crippen LogP contribution in [0.15, 0.2) is 24.4 Å². The summed E-state index contributed by atoms with van der Waals surface area (Å²) in [6.07, 6.45) is 4.37. The van der Waals surface area contributed by atoms with Crippen molar-refractivity contribution in [3.63, 3.8) is 0 Å². The summed E-state index contributed by atoms with van der Waals surface area (Å²) in [4.78, 5) is 29.9. The molecule has 1 aromatic rings. The van der Waals surface area contributed by atoms with Gasteiger partial charge in [-0.05, 0) is 43.7 Å². The topological polar surface area (TPSA) is 62.3 Å². The van der Waals surface area contributed by atoms with E-state index in [9.17, 15) is 14.0 Å². The minimum atomic E-state index is -1.99. The van der Waals surface area contributed by atoms with Gasteiger partial charge >= 0.3 is 0 Å². The number of hydrogen-bond acceptors (Lipinski definition) is 3. The van der Waals surface area contributed by atoms with Crippen LogP contribution in [-0.4, -0.2) is 47.0 Å². The number of aromatic nitrogens is 1. The Bertz CT molecular complexity index is 562. The smallest absolute Gasteiger partial charge is 0.272 e. The molecule has 2 heterocycles. The number of pyridine rings is 1. The predicted molar refractivity (Wildman–Crippen MR) is 78.9 cm³/mol. The highest BCUT2D eigenvalue weighted by atomic mass is 19.1. The van der Waals surface area contributed by atoms with Crippen molar-refractivity contribution in [3.8, 4) is 0 Å². The lowest BCUT2D eigenvalue weighted by atomic mass is 9.93. The molecule has 1 atom stereocenters. The van der Waals surface area contributed by atoms with Gasteiger partial charge in [-0.25, -0.2) is 4.39 Å². The van der Waals surface area contributed by atoms with Crippen LogP contribution in [0.2, 0.25) is 0 Å². The molecule has 22 heavy (non-hydrogen) atoms. The first-order valence-electron chi connectivity index (χ1n) is 7.76. The van der Waals surface area contributed by atoms with E-state index >= 15 is 0 Å². The highest BCUT2D eigenvalue weighted by Gasteiger charge is 2.44. The molecular formula is C16H20FN3O2. The van der Waals surface area contributed by atoms with Gasteiger partial charge in [-0.2, -0.15) is 0 Å². The van der Waals surface area contributed by atoms with E-state index in [1.807, 2.05) is 0 Å². The third-order valence-electron chi connectivity index (χ3n) is 4.27. The number of alkyl halides is 1. The molecule has 1 aliphatic carbocycles. The Hall–Kier alpha value is -1.98. The van der Waals surface area contributed by atoms with Crippen molar-refractivity contribution < 1.29 is 14.0 Å². The van der Waals surface area contributed by atoms with Gasteiger partial charge in [-0.3, -0.25) is 14.6 Å². The summed E-state index contributed by atoms with van der Waals surface area (Å²) < 4.78 is 14.9. The number of halogens is 1. The maximum atomic E-state index is 14.9. The molecule has 118 valence electrons. The van der Waals surface area contributed by atoms with Gasteiger partial charge in [0, 0.05) is 19.3 Å². The molecular weight excluding hydrogens is 285 g/mol. The number of rotatable bonds is 4. The van der Waals surface area contributed by atoms with E-state index in [1.54, 1.807) is 18.2 Å². The molecule has 0 bridgehead atoms. The summed E-state index contributed by atoms with van der Waals surface area (Å²) in [5.74, 6) is -0.405. The lowest BCUT2D eigenvalue weighted by Crippen LogP contribution is -2.56. The number of carbonyl (C=O) groups excluding carboxylic acids is 2. The van der Waals surface area contributed by atoms with E-state index in [1.165, 1.54) is 11.1 Å². The highest BCUT2D eigenvalue weighted by molar-refractivity contribution is 5.93. The Balaban J connectivity index is 1.64. The molecule has 1 unspecified atom stereocenters. The third kappa shape index (κ3) is 3.26. The molecule has 0 radical (unpaired) electrons. The molecule has 0 spiro atoms. The van der Waals surface area contributed by atoms with Crippen molar-refractivity contribution in [1.29, 1.82) is 0 Å². The average molecular weight is 305 g/mol. The standard InChI is InChI=1S/C16H20FN3O2/c17-16(15(22)19-10-12-5-6-12)7-3-9-20(11-16)14(21)13-4-1-2-8-18-13/h1-2,4,8,12H,3,5-7,9-11H2,(H,19,22). The van der Waals surface area contributed by atoms with E-state index in [4.69, 9.17) is 0 Å². The number of piperidine rings is 1. The largest absolute Gasteiger partial charge is 0.353 e. The lowest BCUT2D eigenvalue weighted by Gasteiger charge is -2.36. The fourth-order valence-electron chi connectivity index (χ4n) is 2.74. The zero-order valence-electron chi connectivity index (χ0n) is 12.4. The van der Waals surface area contributed by atoms with Gasteiger partial charge in [-0.1, -0.05) is 6.07 Å². The fourth-order valence-corrected chi connectivity index (χ4v) is 2.74. The van der Waals surface area contributed by atoms with Gasteiger partial charge in [0.15, 0.2) is 0 Å². The minimum Gasteiger partial charge on any atom is -0.353 e. The van der Waals surface area contributed by atoms with Gasteiger partial charge < -0.3 is 10.2 Å². The van der Waals surface area contributed by atoms with Gasteiger partial charge in [0.1, 0.15) is 5.69 Å².